The number of hydrogen-bond donors (Lipinski definition) is 0. The van der Waals surface area contributed by atoms with Crippen LogP contribution in [0.4, 0.5) is 0 Å². The van der Waals surface area contributed by atoms with Gasteiger partial charge in [0.15, 0.2) is 0 Å². The molecule has 0 radical (unpaired) electrons. The maximum atomic E-state index is 2.49. The third kappa shape index (κ3) is 11.2. The fourth-order valence-electron chi connectivity index (χ4n) is 12.5. The predicted molar refractivity (Wildman–Crippen MR) is 262 cm³/mol. The van der Waals surface area contributed by atoms with Crippen LogP contribution in [0.25, 0.3) is 0 Å². The van der Waals surface area contributed by atoms with Crippen LogP contribution in [-0.2, 0) is 17.1 Å². The van der Waals surface area contributed by atoms with Crippen molar-refractivity contribution in [2.45, 2.75) is 182 Å². The van der Waals surface area contributed by atoms with Crippen molar-refractivity contribution >= 4 is 7.92 Å². The van der Waals surface area contributed by atoms with Gasteiger partial charge in [-0.1, -0.05) is 209 Å². The van der Waals surface area contributed by atoms with E-state index in [1.165, 1.54) is 109 Å². The Morgan fingerprint density at radius 1 is 0.317 bits per heavy atom. The predicted octanol–water partition coefficient (Wildman–Crippen LogP) is 17.0. The molecule has 0 saturated heterocycles. The molecule has 2 aliphatic carbocycles. The molecule has 2 heteroatoms. The van der Waals surface area contributed by atoms with Gasteiger partial charge in [-0.15, -0.1) is 0 Å². The summed E-state index contributed by atoms with van der Waals surface area (Å²) in [5.41, 5.74) is 21.9. The molecule has 0 amide bonds. The maximum absolute atomic E-state index is 2.49. The quantitative estimate of drug-likeness (QED) is 0.118. The van der Waals surface area contributed by atoms with Crippen molar-refractivity contribution in [1.29, 1.82) is 0 Å². The molecule has 0 N–H and O–H groups in total. The first-order valence-corrected chi connectivity index (χ1v) is 24.2. The van der Waals surface area contributed by atoms with E-state index in [2.05, 4.69) is 202 Å². The van der Waals surface area contributed by atoms with Crippen LogP contribution in [0.1, 0.15) is 180 Å². The molecule has 0 aromatic heterocycles. The Morgan fingerprint density at radius 3 is 0.633 bits per heavy atom. The first-order chi connectivity index (χ1) is 27.6. The number of hydrogen-bond acceptors (Lipinski definition) is 0. The molecule has 5 aromatic rings. The molecule has 5 aromatic carbocycles. The summed E-state index contributed by atoms with van der Waals surface area (Å²) >= 11 is 0. The van der Waals surface area contributed by atoms with Gasteiger partial charge in [0.1, 0.15) is 0 Å². The topological polar surface area (TPSA) is 0 Å². The maximum Gasteiger partial charge on any atom is 0 e. The minimum Gasteiger partial charge on any atom is -0.0924 e. The van der Waals surface area contributed by atoms with Crippen molar-refractivity contribution in [3.05, 3.63) is 174 Å². The molecule has 2 saturated carbocycles. The fraction of sp³-hybridized carbons (Fsp3) is 0.483. The van der Waals surface area contributed by atoms with Gasteiger partial charge in [0.05, 0.1) is 0 Å². The summed E-state index contributed by atoms with van der Waals surface area (Å²) in [5.74, 6) is 1.54. The molecular weight excluding hydrogens is 783 g/mol. The van der Waals surface area contributed by atoms with Gasteiger partial charge in [0.2, 0.25) is 0 Å². The Morgan fingerprint density at radius 2 is 0.483 bits per heavy atom. The summed E-state index contributed by atoms with van der Waals surface area (Å²) in [4.78, 5) is 0. The van der Waals surface area contributed by atoms with Gasteiger partial charge in [0, 0.05) is 17.1 Å². The molecular formula is C58H77FeP. The van der Waals surface area contributed by atoms with Crippen LogP contribution in [0.3, 0.4) is 0 Å². The molecule has 0 spiro atoms. The Labute approximate surface area is 379 Å². The van der Waals surface area contributed by atoms with Crippen molar-refractivity contribution in [3.8, 4) is 0 Å². The van der Waals surface area contributed by atoms with Crippen LogP contribution in [0.5, 0.6) is 0 Å². The number of aryl methyl sites for hydroxylation is 10. The second-order valence-corrected chi connectivity index (χ2v) is 25.5. The van der Waals surface area contributed by atoms with Crippen LogP contribution in [0.15, 0.2) is 91.0 Å². The zero-order valence-corrected chi connectivity index (χ0v) is 42.3. The Bertz CT molecular complexity index is 1810. The molecule has 322 valence electrons. The van der Waals surface area contributed by atoms with E-state index in [-0.39, 0.29) is 25.0 Å². The molecule has 0 unspecified atom stereocenters. The largest absolute Gasteiger partial charge is 0.0924 e. The first-order valence-electron chi connectivity index (χ1n) is 22.8. The Hall–Kier alpha value is -2.95. The molecule has 0 aliphatic heterocycles. The summed E-state index contributed by atoms with van der Waals surface area (Å²) in [6.07, 6.45) is 5.96. The van der Waals surface area contributed by atoms with Gasteiger partial charge in [-0.25, -0.2) is 0 Å². The second kappa shape index (κ2) is 19.2. The van der Waals surface area contributed by atoms with Crippen molar-refractivity contribution in [1.82, 2.24) is 0 Å². The summed E-state index contributed by atoms with van der Waals surface area (Å²) in [7, 11) is 0.156. The van der Waals surface area contributed by atoms with Gasteiger partial charge in [-0.05, 0) is 155 Å². The van der Waals surface area contributed by atoms with Gasteiger partial charge in [-0.3, -0.25) is 0 Å². The standard InChI is InChI=1S/C45H50.C13H27P.Fe/c1-26-11-27(2)17-36(16-26)41-42(37-18-28(3)12-29(4)19-37)44(39-22-32(7)14-33(8)23-39)45(40-24-34(9)15-35(10)25-40)43(41)38-20-30(5)13-31(6)21-38;1-12(2,3)14(13(4,5)6)11-9-7-8-10-11;/h11-25,41-45H,1-10H3;11H,7-10H2,1-6H3;. The Kier molecular flexibility index (Phi) is 15.4. The van der Waals surface area contributed by atoms with Gasteiger partial charge in [0.25, 0.3) is 0 Å². The normalized spacial score (nSPS) is 20.9. The summed E-state index contributed by atoms with van der Waals surface area (Å²) in [5, 5.41) is 1.06. The summed E-state index contributed by atoms with van der Waals surface area (Å²) in [6, 6.07) is 36.6. The average Bonchev–Trinajstić information content (AvgIpc) is 3.72. The van der Waals surface area contributed by atoms with Crippen molar-refractivity contribution in [3.63, 3.8) is 0 Å². The monoisotopic (exact) mass is 861 g/mol. The van der Waals surface area contributed by atoms with E-state index < -0.39 is 0 Å². The van der Waals surface area contributed by atoms with E-state index in [0.717, 1.165) is 5.66 Å². The van der Waals surface area contributed by atoms with Gasteiger partial charge < -0.3 is 0 Å². The number of rotatable bonds is 6. The van der Waals surface area contributed by atoms with E-state index >= 15 is 0 Å². The van der Waals surface area contributed by atoms with E-state index in [4.69, 9.17) is 0 Å². The van der Waals surface area contributed by atoms with E-state index in [0.29, 0.717) is 39.9 Å². The van der Waals surface area contributed by atoms with E-state index in [1.54, 1.807) is 0 Å². The smallest absolute Gasteiger partial charge is 0 e. The second-order valence-electron chi connectivity index (χ2n) is 21.4. The fourth-order valence-corrected chi connectivity index (χ4v) is 17.6. The molecule has 0 heterocycles. The molecule has 60 heavy (non-hydrogen) atoms. The SMILES string of the molecule is CC(C)(C)P(C1CCCC1)C(C)(C)C.Cc1cc(C)cc(C2C(c3cc(C)cc(C)c3)C(c3cc(C)cc(C)c3)C(c3cc(C)cc(C)c3)C2c2cc(C)cc(C)c2)c1.[Fe]. The Balaban J connectivity index is 0.000000388. The van der Waals surface area contributed by atoms with Crippen LogP contribution in [0.2, 0.25) is 0 Å². The third-order valence-electron chi connectivity index (χ3n) is 13.2. The van der Waals surface area contributed by atoms with Crippen molar-refractivity contribution < 1.29 is 17.1 Å². The van der Waals surface area contributed by atoms with Gasteiger partial charge in [-0.2, -0.15) is 0 Å². The van der Waals surface area contributed by atoms with E-state index in [1.807, 2.05) is 0 Å². The average molecular weight is 861 g/mol. The van der Waals surface area contributed by atoms with Crippen LogP contribution < -0.4 is 0 Å². The minimum atomic E-state index is 0. The zero-order valence-electron chi connectivity index (χ0n) is 40.3. The molecule has 0 nitrogen and oxygen atoms in total. The summed E-state index contributed by atoms with van der Waals surface area (Å²) < 4.78 is 0. The third-order valence-corrected chi connectivity index (χ3v) is 17.4. The summed E-state index contributed by atoms with van der Waals surface area (Å²) in [6.45, 7) is 37.4. The molecule has 2 aliphatic rings. The van der Waals surface area contributed by atoms with Crippen molar-refractivity contribution in [2.24, 2.45) is 0 Å². The molecule has 2 fully saturated rings. The van der Waals surface area contributed by atoms with E-state index in [9.17, 15) is 0 Å². The van der Waals surface area contributed by atoms with Crippen LogP contribution in [0, 0.1) is 69.2 Å². The van der Waals surface area contributed by atoms with Crippen LogP contribution in [-0.4, -0.2) is 16.0 Å². The first kappa shape index (κ1) is 48.1. The van der Waals surface area contributed by atoms with Gasteiger partial charge >= 0.3 is 0 Å². The molecule has 0 atom stereocenters. The van der Waals surface area contributed by atoms with Crippen molar-refractivity contribution in [2.75, 3.05) is 0 Å². The molecule has 0 bridgehead atoms. The zero-order chi connectivity index (χ0) is 43.1. The van der Waals surface area contributed by atoms with Crippen LogP contribution >= 0.6 is 7.92 Å². The minimum absolute atomic E-state index is 0. The number of benzene rings is 5. The molecule has 7 rings (SSSR count).